The molecule has 43 heavy (non-hydrogen) atoms. The van der Waals surface area contributed by atoms with Crippen molar-refractivity contribution < 1.29 is 9.90 Å². The van der Waals surface area contributed by atoms with Crippen LogP contribution < -0.4 is 0 Å². The topological polar surface area (TPSA) is 37.3 Å². The summed E-state index contributed by atoms with van der Waals surface area (Å²) in [5, 5.41) is 9.06. The first-order valence-electron chi connectivity index (χ1n) is 14.8. The maximum absolute atomic E-state index is 11.9. The number of allylic oxidation sites excluding steroid dienone is 1. The molecule has 0 amide bonds. The van der Waals surface area contributed by atoms with Crippen LogP contribution in [0.4, 0.5) is 0 Å². The van der Waals surface area contributed by atoms with Gasteiger partial charge in [-0.2, -0.15) is 0 Å². The van der Waals surface area contributed by atoms with Gasteiger partial charge >= 0.3 is 216 Å². The molecule has 0 aromatic rings. The van der Waals surface area contributed by atoms with E-state index in [4.69, 9.17) is 125 Å². The number of carbonyl (C=O) groups is 1. The molecule has 0 aromatic heterocycles. The molecule has 2 nitrogen and oxygen atoms in total. The van der Waals surface area contributed by atoms with Crippen LogP contribution in [-0.2, 0) is 4.79 Å². The molecule has 1 N–H and O–H groups in total. The average molecular weight is 524 g/mol. The van der Waals surface area contributed by atoms with Gasteiger partial charge in [0.15, 0.2) is 5.78 Å². The van der Waals surface area contributed by atoms with Crippen LogP contribution in [0.3, 0.4) is 0 Å². The van der Waals surface area contributed by atoms with Crippen LogP contribution in [0, 0.1) is 23.7 Å². The molecule has 0 spiro atoms. The van der Waals surface area contributed by atoms with Crippen molar-refractivity contribution in [1.29, 1.82) is 0 Å². The molecule has 32 heteroatoms. The first-order valence-corrected chi connectivity index (χ1v) is 15.3. The van der Waals surface area contributed by atoms with Gasteiger partial charge in [-0.3, -0.25) is 4.79 Å². The summed E-state index contributed by atoms with van der Waals surface area (Å²) in [4.78, 5) is 11.9. The molecule has 0 aliphatic heterocycles. The molecule has 29 radical (unpaired) electrons. The second-order valence-electron chi connectivity index (χ2n) is 12.5. The predicted octanol–water partition coefficient (Wildman–Crippen LogP) is -8.33. The fourth-order valence-corrected chi connectivity index (χ4v) is 8.20. The normalized spacial score (nSPS) is 21.7. The van der Waals surface area contributed by atoms with Gasteiger partial charge < -0.3 is 5.11 Å². The SMILES string of the molecule is O=C1/C(=C/O)C2CCC3C(CC2)C13.[B][B]B([B])B(B(B=S)B(B(B([B])[B])B([B])[B])B(B([B])[B])B([B])[B])B(B([B])[B])B([B])[B]. The Bertz CT molecular complexity index is 874. The van der Waals surface area contributed by atoms with Gasteiger partial charge in [0.05, 0.1) is 6.26 Å². The third kappa shape index (κ3) is 9.70. The van der Waals surface area contributed by atoms with Crippen LogP contribution >= 0.6 is 12.1 Å². The van der Waals surface area contributed by atoms with Crippen molar-refractivity contribution in [3.05, 3.63) is 11.8 Å². The molecule has 163 valence electrons. The van der Waals surface area contributed by atoms with Gasteiger partial charge in [0.1, 0.15) is 0 Å². The molecular weight excluding hydrogens is 510 g/mol. The van der Waals surface area contributed by atoms with E-state index >= 15 is 0 Å². The third-order valence-electron chi connectivity index (χ3n) is 9.91. The minimum atomic E-state index is -0.997. The summed E-state index contributed by atoms with van der Waals surface area (Å²) in [7, 11) is 85.3. The van der Waals surface area contributed by atoms with Gasteiger partial charge in [-0.25, -0.2) is 0 Å². The van der Waals surface area contributed by atoms with E-state index in [1.807, 2.05) is 0 Å². The molecule has 4 aliphatic rings. The van der Waals surface area contributed by atoms with E-state index < -0.39 is 83.0 Å². The van der Waals surface area contributed by atoms with E-state index in [-0.39, 0.29) is 5.78 Å². The number of aliphatic hydroxyl groups is 1. The summed E-state index contributed by atoms with van der Waals surface area (Å²) in [6, 6.07) is 1.42. The molecule has 0 heterocycles. The molecule has 0 saturated heterocycles. The number of carbonyl (C=O) groups excluding carboxylic acids is 1. The second-order valence-corrected chi connectivity index (χ2v) is 12.8. The Hall–Kier alpha value is 1.31. The Labute approximate surface area is 291 Å². The number of hydrogen-bond donors (Lipinski definition) is 1. The van der Waals surface area contributed by atoms with Gasteiger partial charge in [0, 0.05) is 11.5 Å². The third-order valence-corrected chi connectivity index (χ3v) is 10.2. The summed E-state index contributed by atoms with van der Waals surface area (Å²) in [5.41, 5.74) is 0.729. The molecule has 4 rings (SSSR count). The Balaban J connectivity index is 0.000000401. The number of fused-ring (bicyclic) bond motifs is 3. The van der Waals surface area contributed by atoms with Gasteiger partial charge in [-0.15, -0.1) is 0 Å². The fraction of sp³-hybridized carbons (Fsp3) is 0.727. The number of rotatable bonds is 14. The quantitative estimate of drug-likeness (QED) is 0.140. The van der Waals surface area contributed by atoms with Crippen LogP contribution in [0.25, 0.3) is 0 Å². The van der Waals surface area contributed by atoms with Crippen molar-refractivity contribution in [2.75, 3.05) is 0 Å². The maximum atomic E-state index is 11.9. The molecular formula is C11H14B29O2S. The summed E-state index contributed by atoms with van der Waals surface area (Å²) in [6.45, 7) is 0. The van der Waals surface area contributed by atoms with Gasteiger partial charge in [-0.1, -0.05) is 0 Å². The van der Waals surface area contributed by atoms with E-state index in [1.165, 1.54) is 25.9 Å². The molecule has 0 aromatic carbocycles. The molecule has 4 aliphatic carbocycles. The first-order chi connectivity index (χ1) is 20.1. The van der Waals surface area contributed by atoms with Crippen LogP contribution in [0.2, 0.25) is 0 Å². The number of aliphatic hydroxyl groups excluding tert-OH is 1. The number of Topliss-reactive ketones (excluding diaryl/α,β-unsaturated/α-hetero) is 1. The van der Waals surface area contributed by atoms with Gasteiger partial charge in [-0.05, 0) is 43.4 Å². The van der Waals surface area contributed by atoms with Crippen molar-refractivity contribution in [2.45, 2.75) is 25.7 Å². The Morgan fingerprint density at radius 2 is 1.02 bits per heavy atom. The molecule has 2 atom stereocenters. The van der Waals surface area contributed by atoms with Crippen molar-refractivity contribution in [3.63, 3.8) is 0 Å². The van der Waals surface area contributed by atoms with E-state index in [0.29, 0.717) is 23.7 Å². The number of hydrogen-bond acceptors (Lipinski definition) is 3. The van der Waals surface area contributed by atoms with E-state index in [2.05, 4.69) is 0 Å². The van der Waals surface area contributed by atoms with Gasteiger partial charge in [0.25, 0.3) is 0 Å². The second kappa shape index (κ2) is 18.2. The first kappa shape index (κ1) is 40.5. The summed E-state index contributed by atoms with van der Waals surface area (Å²) in [6.07, 6.45) is -5.36. The Kier molecular flexibility index (Phi) is 17.1. The van der Waals surface area contributed by atoms with E-state index in [9.17, 15) is 4.79 Å². The zero-order valence-electron chi connectivity index (χ0n) is 24.7. The molecule has 4 saturated carbocycles. The zero-order valence-corrected chi connectivity index (χ0v) is 25.5. The Morgan fingerprint density at radius 3 is 1.33 bits per heavy atom. The van der Waals surface area contributed by atoms with E-state index in [1.54, 1.807) is 0 Å². The van der Waals surface area contributed by atoms with Crippen LogP contribution in [0.15, 0.2) is 11.8 Å². The Morgan fingerprint density at radius 1 is 0.651 bits per heavy atom. The molecule has 4 fully saturated rings. The summed E-state index contributed by atoms with van der Waals surface area (Å²) >= 11 is 5.35. The standard InChI is InChI=1S/C11H14O2.B29S/c12-5-9-6-1-3-7-8(4-2-6)10(7)11(9)13;1-15-23(14)28(25(17(2)3)18(4)5)24(16-30)29(26(19(6)7)20(8)9)27(21(10)11)22(12)13/h5-8,10,12H,1-4H2;/b9-5+;. The fourth-order valence-electron chi connectivity index (χ4n) is 7.84. The number of ketones is 1. The summed E-state index contributed by atoms with van der Waals surface area (Å²) in [5.74, 6) is 2.28. The monoisotopic (exact) mass is 529 g/mol. The van der Waals surface area contributed by atoms with Crippen molar-refractivity contribution in [1.82, 2.24) is 0 Å². The van der Waals surface area contributed by atoms with Crippen LogP contribution in [0.1, 0.15) is 25.7 Å². The molecule has 4 bridgehead atoms. The van der Waals surface area contributed by atoms with Gasteiger partial charge in [0.2, 0.25) is 0 Å². The summed E-state index contributed by atoms with van der Waals surface area (Å²) < 4.78 is 0. The minimum absolute atomic E-state index is 0.262. The van der Waals surface area contributed by atoms with Crippen LogP contribution in [-0.4, -0.2) is 215 Å². The molecule has 2 unspecified atom stereocenters. The van der Waals surface area contributed by atoms with E-state index in [0.717, 1.165) is 24.7 Å². The van der Waals surface area contributed by atoms with Crippen molar-refractivity contribution >= 4 is 222 Å². The van der Waals surface area contributed by atoms with Crippen molar-refractivity contribution in [2.24, 2.45) is 23.7 Å². The van der Waals surface area contributed by atoms with Crippen LogP contribution in [0.5, 0.6) is 0 Å². The zero-order chi connectivity index (χ0) is 32.9. The predicted molar refractivity (Wildman–Crippen MR) is 223 cm³/mol. The average Bonchev–Trinajstić information content (AvgIpc) is 3.67. The van der Waals surface area contributed by atoms with Crippen molar-refractivity contribution in [3.8, 4) is 0 Å².